The summed E-state index contributed by atoms with van der Waals surface area (Å²) >= 11 is 0. The molecule has 4 aromatic rings. The number of rotatable bonds is 10. The summed E-state index contributed by atoms with van der Waals surface area (Å²) in [5, 5.41) is 0. The lowest BCUT2D eigenvalue weighted by Crippen LogP contribution is -2.48. The van der Waals surface area contributed by atoms with Crippen LogP contribution in [0, 0.1) is 0 Å². The van der Waals surface area contributed by atoms with Gasteiger partial charge in [0.1, 0.15) is 18.1 Å². The SMILES string of the molecule is CCN1CCN(C(=O)CC(c2cc(OC)cc(OC)c2)c2cnc3c(OCc4ccccc4)cccn23)CC1. The summed E-state index contributed by atoms with van der Waals surface area (Å²) in [7, 11) is 3.27. The second-order valence-electron chi connectivity index (χ2n) is 9.74. The first-order valence-electron chi connectivity index (χ1n) is 13.5. The molecule has 5 rings (SSSR count). The highest BCUT2D eigenvalue weighted by molar-refractivity contribution is 5.78. The van der Waals surface area contributed by atoms with Gasteiger partial charge in [0, 0.05) is 57.0 Å². The molecule has 1 atom stereocenters. The van der Waals surface area contributed by atoms with Crippen molar-refractivity contribution in [1.29, 1.82) is 0 Å². The highest BCUT2D eigenvalue weighted by Crippen LogP contribution is 2.35. The maximum Gasteiger partial charge on any atom is 0.223 e. The number of benzene rings is 2. The molecule has 1 fully saturated rings. The summed E-state index contributed by atoms with van der Waals surface area (Å²) in [5.74, 6) is 1.92. The van der Waals surface area contributed by atoms with Gasteiger partial charge in [0.2, 0.25) is 5.91 Å². The van der Waals surface area contributed by atoms with Crippen LogP contribution in [-0.2, 0) is 11.4 Å². The number of nitrogens with zero attached hydrogens (tertiary/aromatic N) is 4. The number of aromatic nitrogens is 2. The number of hydrogen-bond acceptors (Lipinski definition) is 6. The fourth-order valence-corrected chi connectivity index (χ4v) is 5.15. The summed E-state index contributed by atoms with van der Waals surface area (Å²) in [4.78, 5) is 22.7. The van der Waals surface area contributed by atoms with Crippen LogP contribution in [0.3, 0.4) is 0 Å². The van der Waals surface area contributed by atoms with Crippen molar-refractivity contribution in [3.63, 3.8) is 0 Å². The standard InChI is InChI=1S/C31H36N4O4/c1-4-33-13-15-34(16-14-33)30(36)20-27(24-17-25(37-2)19-26(18-24)38-3)28-21-32-31-29(11-8-12-35(28)31)39-22-23-9-6-5-7-10-23/h5-12,17-19,21,27H,4,13-16,20,22H2,1-3H3. The highest BCUT2D eigenvalue weighted by atomic mass is 16.5. The molecule has 0 radical (unpaired) electrons. The molecular formula is C31H36N4O4. The number of ether oxygens (including phenoxy) is 3. The van der Waals surface area contributed by atoms with Crippen molar-refractivity contribution in [2.75, 3.05) is 46.9 Å². The van der Waals surface area contributed by atoms with Crippen molar-refractivity contribution in [3.8, 4) is 17.2 Å². The topological polar surface area (TPSA) is 68.5 Å². The molecule has 2 aromatic carbocycles. The van der Waals surface area contributed by atoms with Crippen molar-refractivity contribution >= 4 is 11.6 Å². The Balaban J connectivity index is 1.49. The Labute approximate surface area is 229 Å². The Bertz CT molecular complexity index is 1370. The molecule has 39 heavy (non-hydrogen) atoms. The second-order valence-corrected chi connectivity index (χ2v) is 9.74. The zero-order valence-corrected chi connectivity index (χ0v) is 22.9. The number of methoxy groups -OCH3 is 2. The second kappa shape index (κ2) is 12.2. The minimum atomic E-state index is -0.259. The molecular weight excluding hydrogens is 492 g/mol. The highest BCUT2D eigenvalue weighted by Gasteiger charge is 2.28. The molecule has 204 valence electrons. The molecule has 0 spiro atoms. The van der Waals surface area contributed by atoms with E-state index in [4.69, 9.17) is 19.2 Å². The van der Waals surface area contributed by atoms with Crippen LogP contribution in [0.25, 0.3) is 5.65 Å². The minimum Gasteiger partial charge on any atom is -0.497 e. The third-order valence-corrected chi connectivity index (χ3v) is 7.45. The number of pyridine rings is 1. The number of carbonyl (C=O) groups is 1. The van der Waals surface area contributed by atoms with Gasteiger partial charge in [0.05, 0.1) is 19.9 Å². The van der Waals surface area contributed by atoms with E-state index in [-0.39, 0.29) is 11.8 Å². The zero-order chi connectivity index (χ0) is 27.2. The molecule has 2 aromatic heterocycles. The first-order chi connectivity index (χ1) is 19.1. The van der Waals surface area contributed by atoms with Crippen LogP contribution in [0.4, 0.5) is 0 Å². The van der Waals surface area contributed by atoms with Crippen molar-refractivity contribution in [3.05, 3.63) is 89.9 Å². The smallest absolute Gasteiger partial charge is 0.223 e. The summed E-state index contributed by atoms with van der Waals surface area (Å²) in [6.45, 7) is 6.89. The summed E-state index contributed by atoms with van der Waals surface area (Å²) < 4.78 is 19.3. The Morgan fingerprint density at radius 1 is 0.949 bits per heavy atom. The third kappa shape index (κ3) is 6.01. The van der Waals surface area contributed by atoms with Crippen LogP contribution in [-0.4, -0.2) is 72.0 Å². The summed E-state index contributed by atoms with van der Waals surface area (Å²) in [5.41, 5.74) is 3.64. The molecule has 1 aliphatic heterocycles. The van der Waals surface area contributed by atoms with Crippen LogP contribution in [0.1, 0.15) is 36.1 Å². The lowest BCUT2D eigenvalue weighted by atomic mass is 9.91. The lowest BCUT2D eigenvalue weighted by Gasteiger charge is -2.34. The fourth-order valence-electron chi connectivity index (χ4n) is 5.15. The van der Waals surface area contributed by atoms with Crippen LogP contribution >= 0.6 is 0 Å². The van der Waals surface area contributed by atoms with Gasteiger partial charge >= 0.3 is 0 Å². The van der Waals surface area contributed by atoms with Gasteiger partial charge in [-0.15, -0.1) is 0 Å². The van der Waals surface area contributed by atoms with Crippen molar-refractivity contribution in [2.45, 2.75) is 25.9 Å². The van der Waals surface area contributed by atoms with Crippen molar-refractivity contribution in [1.82, 2.24) is 19.2 Å². The molecule has 0 saturated carbocycles. The normalized spacial score (nSPS) is 14.8. The number of hydrogen-bond donors (Lipinski definition) is 0. The fraction of sp³-hybridized carbons (Fsp3) is 0.355. The van der Waals surface area contributed by atoms with Crippen LogP contribution in [0.5, 0.6) is 17.2 Å². The van der Waals surface area contributed by atoms with Gasteiger partial charge in [0.15, 0.2) is 11.4 Å². The predicted molar refractivity (Wildman–Crippen MR) is 151 cm³/mol. The largest absolute Gasteiger partial charge is 0.497 e. The quantitative estimate of drug-likeness (QED) is 0.299. The molecule has 0 bridgehead atoms. The van der Waals surface area contributed by atoms with E-state index < -0.39 is 0 Å². The predicted octanol–water partition coefficient (Wildman–Crippen LogP) is 4.62. The van der Waals surface area contributed by atoms with E-state index >= 15 is 0 Å². The average Bonchev–Trinajstić information content (AvgIpc) is 3.43. The van der Waals surface area contributed by atoms with Gasteiger partial charge in [0.25, 0.3) is 0 Å². The van der Waals surface area contributed by atoms with E-state index in [1.165, 1.54) is 0 Å². The molecule has 1 aliphatic rings. The number of carbonyl (C=O) groups excluding carboxylic acids is 1. The Morgan fingerprint density at radius 2 is 1.67 bits per heavy atom. The molecule has 0 aliphatic carbocycles. The zero-order valence-electron chi connectivity index (χ0n) is 22.9. The Hall–Kier alpha value is -4.04. The maximum absolute atomic E-state index is 13.6. The molecule has 8 nitrogen and oxygen atoms in total. The Kier molecular flexibility index (Phi) is 8.32. The van der Waals surface area contributed by atoms with Gasteiger partial charge in [-0.3, -0.25) is 4.79 Å². The number of piperazine rings is 1. The third-order valence-electron chi connectivity index (χ3n) is 7.45. The van der Waals surface area contributed by atoms with Gasteiger partial charge in [-0.2, -0.15) is 0 Å². The summed E-state index contributed by atoms with van der Waals surface area (Å²) in [6.07, 6.45) is 4.14. The maximum atomic E-state index is 13.6. The molecule has 1 unspecified atom stereocenters. The summed E-state index contributed by atoms with van der Waals surface area (Å²) in [6, 6.07) is 19.7. The van der Waals surface area contributed by atoms with Gasteiger partial charge in [-0.1, -0.05) is 37.3 Å². The van der Waals surface area contributed by atoms with Crippen molar-refractivity contribution in [2.24, 2.45) is 0 Å². The molecule has 8 heteroatoms. The minimum absolute atomic E-state index is 0.129. The first kappa shape index (κ1) is 26.6. The van der Waals surface area contributed by atoms with Gasteiger partial charge in [-0.25, -0.2) is 4.98 Å². The van der Waals surface area contributed by atoms with E-state index in [0.29, 0.717) is 35.9 Å². The number of imidazole rings is 1. The van der Waals surface area contributed by atoms with E-state index in [2.05, 4.69) is 11.8 Å². The van der Waals surface area contributed by atoms with E-state index in [9.17, 15) is 4.79 Å². The van der Waals surface area contributed by atoms with E-state index in [1.54, 1.807) is 14.2 Å². The number of amides is 1. The van der Waals surface area contributed by atoms with Crippen molar-refractivity contribution < 1.29 is 19.0 Å². The van der Waals surface area contributed by atoms with Crippen LogP contribution in [0.15, 0.2) is 73.1 Å². The molecule has 0 N–H and O–H groups in total. The van der Waals surface area contributed by atoms with Gasteiger partial charge in [-0.05, 0) is 41.9 Å². The average molecular weight is 529 g/mol. The first-order valence-corrected chi connectivity index (χ1v) is 13.5. The van der Waals surface area contributed by atoms with Crippen LogP contribution in [0.2, 0.25) is 0 Å². The van der Waals surface area contributed by atoms with Crippen LogP contribution < -0.4 is 14.2 Å². The van der Waals surface area contributed by atoms with E-state index in [0.717, 1.165) is 49.5 Å². The Morgan fingerprint density at radius 3 is 2.33 bits per heavy atom. The molecule has 1 amide bonds. The molecule has 3 heterocycles. The van der Waals surface area contributed by atoms with E-state index in [1.807, 2.05) is 82.4 Å². The monoisotopic (exact) mass is 528 g/mol. The van der Waals surface area contributed by atoms with Gasteiger partial charge < -0.3 is 28.4 Å². The number of likely N-dealkylation sites (N-methyl/N-ethyl adjacent to an activating group) is 1. The number of fused-ring (bicyclic) bond motifs is 1. The molecule has 1 saturated heterocycles. The lowest BCUT2D eigenvalue weighted by molar-refractivity contribution is -0.133.